The molecule has 28 heavy (non-hydrogen) atoms. The summed E-state index contributed by atoms with van der Waals surface area (Å²) in [6.07, 6.45) is 24.5. The van der Waals surface area contributed by atoms with E-state index in [9.17, 15) is 5.11 Å². The van der Waals surface area contributed by atoms with Crippen molar-refractivity contribution in [2.75, 3.05) is 13.1 Å². The van der Waals surface area contributed by atoms with Crippen molar-refractivity contribution in [1.29, 1.82) is 0 Å². The zero-order chi connectivity index (χ0) is 20.5. The van der Waals surface area contributed by atoms with Gasteiger partial charge in [-0.05, 0) is 46.0 Å². The zero-order valence-corrected chi connectivity index (χ0v) is 19.2. The third-order valence-corrected chi connectivity index (χ3v) is 5.94. The SMILES string of the molecule is CCCCCCCC/C=C\CCCCCCCCC1=NC(C(C)O)CN1CC. The molecule has 0 spiro atoms. The minimum absolute atomic E-state index is 0.0871. The Morgan fingerprint density at radius 2 is 1.43 bits per heavy atom. The molecule has 0 fully saturated rings. The maximum Gasteiger partial charge on any atom is 0.0995 e. The van der Waals surface area contributed by atoms with E-state index in [-0.39, 0.29) is 12.1 Å². The van der Waals surface area contributed by atoms with Gasteiger partial charge in [0.25, 0.3) is 0 Å². The third-order valence-electron chi connectivity index (χ3n) is 5.94. The molecule has 1 N–H and O–H groups in total. The van der Waals surface area contributed by atoms with Gasteiger partial charge in [-0.15, -0.1) is 0 Å². The van der Waals surface area contributed by atoms with E-state index in [0.29, 0.717) is 0 Å². The number of aliphatic hydroxyl groups excluding tert-OH is 1. The first-order valence-corrected chi connectivity index (χ1v) is 12.3. The van der Waals surface area contributed by atoms with E-state index in [4.69, 9.17) is 4.99 Å². The summed E-state index contributed by atoms with van der Waals surface area (Å²) < 4.78 is 0. The predicted molar refractivity (Wildman–Crippen MR) is 124 cm³/mol. The predicted octanol–water partition coefficient (Wildman–Crippen LogP) is 6.90. The third kappa shape index (κ3) is 11.9. The Hall–Kier alpha value is -0.830. The maximum atomic E-state index is 9.76. The maximum absolute atomic E-state index is 9.76. The van der Waals surface area contributed by atoms with Crippen molar-refractivity contribution in [3.05, 3.63) is 12.2 Å². The minimum atomic E-state index is -0.327. The number of aliphatic hydroxyl groups is 1. The van der Waals surface area contributed by atoms with Gasteiger partial charge in [0.2, 0.25) is 0 Å². The smallest absolute Gasteiger partial charge is 0.0995 e. The summed E-state index contributed by atoms with van der Waals surface area (Å²) in [5.74, 6) is 1.23. The fraction of sp³-hybridized carbons (Fsp3) is 0.880. The standard InChI is InChI=1S/C25H48N2O/c1-4-6-7-8-9-10-11-12-13-14-15-16-17-18-19-20-21-25-26-24(23(3)28)22-27(25)5-2/h12-13,23-24,28H,4-11,14-22H2,1-3H3/b13-12-. The topological polar surface area (TPSA) is 35.8 Å². The Balaban J connectivity index is 1.90. The van der Waals surface area contributed by atoms with E-state index in [1.165, 1.54) is 95.7 Å². The molecule has 0 saturated heterocycles. The molecule has 0 aromatic rings. The summed E-state index contributed by atoms with van der Waals surface area (Å²) in [7, 11) is 0. The second-order valence-electron chi connectivity index (χ2n) is 8.58. The molecule has 2 unspecified atom stereocenters. The van der Waals surface area contributed by atoms with Crippen LogP contribution in [0, 0.1) is 0 Å². The summed E-state index contributed by atoms with van der Waals surface area (Å²) >= 11 is 0. The minimum Gasteiger partial charge on any atom is -0.391 e. The molecule has 0 radical (unpaired) electrons. The molecule has 3 heteroatoms. The van der Waals surface area contributed by atoms with Crippen molar-refractivity contribution in [2.45, 2.75) is 129 Å². The molecular weight excluding hydrogens is 344 g/mol. The highest BCUT2D eigenvalue weighted by Crippen LogP contribution is 2.17. The summed E-state index contributed by atoms with van der Waals surface area (Å²) in [6.45, 7) is 8.23. The molecule has 0 aliphatic carbocycles. The van der Waals surface area contributed by atoms with Crippen molar-refractivity contribution in [3.8, 4) is 0 Å². The highest BCUT2D eigenvalue weighted by Gasteiger charge is 2.26. The zero-order valence-electron chi connectivity index (χ0n) is 19.2. The lowest BCUT2D eigenvalue weighted by Gasteiger charge is -2.19. The van der Waals surface area contributed by atoms with Crippen LogP contribution in [0.5, 0.6) is 0 Å². The molecular formula is C25H48N2O. The van der Waals surface area contributed by atoms with E-state index in [1.54, 1.807) is 0 Å². The molecule has 1 aliphatic heterocycles. The van der Waals surface area contributed by atoms with Gasteiger partial charge in [0.15, 0.2) is 0 Å². The lowest BCUT2D eigenvalue weighted by molar-refractivity contribution is 0.160. The van der Waals surface area contributed by atoms with Crippen LogP contribution in [0.1, 0.15) is 117 Å². The summed E-state index contributed by atoms with van der Waals surface area (Å²) in [5.41, 5.74) is 0. The van der Waals surface area contributed by atoms with Gasteiger partial charge in [-0.2, -0.15) is 0 Å². The number of aliphatic imine (C=N–C) groups is 1. The second-order valence-corrected chi connectivity index (χ2v) is 8.58. The van der Waals surface area contributed by atoms with Crippen LogP contribution < -0.4 is 0 Å². The molecule has 164 valence electrons. The number of unbranched alkanes of at least 4 members (excludes halogenated alkanes) is 12. The molecule has 0 saturated carbocycles. The molecule has 0 aromatic carbocycles. The Bertz CT molecular complexity index is 417. The molecule has 3 nitrogen and oxygen atoms in total. The van der Waals surface area contributed by atoms with Gasteiger partial charge in [0.1, 0.15) is 0 Å². The van der Waals surface area contributed by atoms with E-state index < -0.39 is 0 Å². The van der Waals surface area contributed by atoms with Crippen LogP contribution >= 0.6 is 0 Å². The molecule has 1 aliphatic rings. The first kappa shape index (κ1) is 25.2. The van der Waals surface area contributed by atoms with Crippen LogP contribution in [0.25, 0.3) is 0 Å². The highest BCUT2D eigenvalue weighted by atomic mass is 16.3. The van der Waals surface area contributed by atoms with Crippen LogP contribution in [0.3, 0.4) is 0 Å². The Labute approximate surface area is 175 Å². The van der Waals surface area contributed by atoms with Crippen molar-refractivity contribution in [2.24, 2.45) is 4.99 Å². The number of allylic oxidation sites excluding steroid dienone is 2. The quantitative estimate of drug-likeness (QED) is 0.203. The van der Waals surface area contributed by atoms with Crippen LogP contribution in [-0.2, 0) is 0 Å². The molecule has 1 heterocycles. The van der Waals surface area contributed by atoms with Crippen LogP contribution in [0.15, 0.2) is 17.1 Å². The number of hydrogen-bond acceptors (Lipinski definition) is 3. The highest BCUT2D eigenvalue weighted by molar-refractivity contribution is 5.84. The summed E-state index contributed by atoms with van der Waals surface area (Å²) in [4.78, 5) is 7.07. The Morgan fingerprint density at radius 1 is 0.893 bits per heavy atom. The Morgan fingerprint density at radius 3 is 1.96 bits per heavy atom. The molecule has 0 amide bonds. The lowest BCUT2D eigenvalue weighted by Crippen LogP contribution is -2.32. The monoisotopic (exact) mass is 392 g/mol. The van der Waals surface area contributed by atoms with Crippen molar-refractivity contribution in [1.82, 2.24) is 4.90 Å². The summed E-state index contributed by atoms with van der Waals surface area (Å²) in [6, 6.07) is 0.0871. The fourth-order valence-corrected chi connectivity index (χ4v) is 3.97. The fourth-order valence-electron chi connectivity index (χ4n) is 3.97. The van der Waals surface area contributed by atoms with Gasteiger partial charge in [0, 0.05) is 19.5 Å². The average molecular weight is 393 g/mol. The van der Waals surface area contributed by atoms with Gasteiger partial charge in [0.05, 0.1) is 18.0 Å². The second kappa shape index (κ2) is 17.1. The first-order valence-electron chi connectivity index (χ1n) is 12.3. The normalized spacial score (nSPS) is 18.2. The van der Waals surface area contributed by atoms with Gasteiger partial charge in [-0.1, -0.05) is 76.9 Å². The largest absolute Gasteiger partial charge is 0.391 e. The van der Waals surface area contributed by atoms with E-state index in [1.807, 2.05) is 6.92 Å². The van der Waals surface area contributed by atoms with Crippen LogP contribution in [0.4, 0.5) is 0 Å². The van der Waals surface area contributed by atoms with Gasteiger partial charge in [-0.25, -0.2) is 0 Å². The number of rotatable bonds is 18. The number of amidine groups is 1. The molecule has 1 rings (SSSR count). The van der Waals surface area contributed by atoms with Gasteiger partial charge < -0.3 is 10.0 Å². The first-order chi connectivity index (χ1) is 13.7. The molecule has 0 bridgehead atoms. The van der Waals surface area contributed by atoms with Crippen LogP contribution in [0.2, 0.25) is 0 Å². The Kier molecular flexibility index (Phi) is 15.4. The number of nitrogens with zero attached hydrogens (tertiary/aromatic N) is 2. The van der Waals surface area contributed by atoms with Crippen molar-refractivity contribution in [3.63, 3.8) is 0 Å². The van der Waals surface area contributed by atoms with E-state index >= 15 is 0 Å². The molecule has 2 atom stereocenters. The summed E-state index contributed by atoms with van der Waals surface area (Å²) in [5, 5.41) is 9.76. The van der Waals surface area contributed by atoms with E-state index in [0.717, 1.165) is 19.5 Å². The lowest BCUT2D eigenvalue weighted by atomic mass is 10.1. The van der Waals surface area contributed by atoms with Crippen molar-refractivity contribution < 1.29 is 5.11 Å². The van der Waals surface area contributed by atoms with Gasteiger partial charge >= 0.3 is 0 Å². The van der Waals surface area contributed by atoms with E-state index in [2.05, 4.69) is 30.9 Å². The van der Waals surface area contributed by atoms with Gasteiger partial charge in [-0.3, -0.25) is 4.99 Å². The number of hydrogen-bond donors (Lipinski definition) is 1. The number of likely N-dealkylation sites (N-methyl/N-ethyl adjacent to an activating group) is 1. The van der Waals surface area contributed by atoms with Crippen molar-refractivity contribution >= 4 is 5.84 Å². The molecule has 0 aromatic heterocycles. The van der Waals surface area contributed by atoms with Crippen LogP contribution in [-0.4, -0.2) is 41.1 Å². The average Bonchev–Trinajstić information content (AvgIpc) is 3.11.